The van der Waals surface area contributed by atoms with Crippen LogP contribution in [0.15, 0.2) is 78.0 Å². The van der Waals surface area contributed by atoms with Crippen molar-refractivity contribution in [1.82, 2.24) is 14.6 Å². The molecule has 2 N–H and O–H groups in total. The van der Waals surface area contributed by atoms with Crippen molar-refractivity contribution in [2.45, 2.75) is 37.4 Å². The summed E-state index contributed by atoms with van der Waals surface area (Å²) in [6.45, 7) is 2.66. The van der Waals surface area contributed by atoms with Gasteiger partial charge in [0.1, 0.15) is 0 Å². The maximum absolute atomic E-state index is 13.2. The molecule has 31 heavy (non-hydrogen) atoms. The Morgan fingerprint density at radius 3 is 2.42 bits per heavy atom. The summed E-state index contributed by atoms with van der Waals surface area (Å²) in [6.07, 6.45) is 4.01. The van der Waals surface area contributed by atoms with Gasteiger partial charge in [-0.25, -0.2) is 13.2 Å². The summed E-state index contributed by atoms with van der Waals surface area (Å²) in [5.74, 6) is 0. The molecule has 0 fully saturated rings. The number of urea groups is 1. The number of hydrogen-bond acceptors (Lipinski definition) is 4. The molecule has 1 unspecified atom stereocenters. The number of hydrogen-bond donors (Lipinski definition) is 2. The lowest BCUT2D eigenvalue weighted by Crippen LogP contribution is -2.42. The molecule has 8 heteroatoms. The number of sulfonamides is 1. The van der Waals surface area contributed by atoms with E-state index in [1.165, 1.54) is 17.7 Å². The van der Waals surface area contributed by atoms with Crippen molar-refractivity contribution in [3.05, 3.63) is 89.7 Å². The number of nitrogens with one attached hydrogen (secondary N) is 2. The quantitative estimate of drug-likeness (QED) is 0.640. The highest BCUT2D eigenvalue weighted by Crippen LogP contribution is 2.29. The second-order valence-corrected chi connectivity index (χ2v) is 9.45. The van der Waals surface area contributed by atoms with E-state index in [9.17, 15) is 13.2 Å². The molecule has 0 saturated heterocycles. The first kappa shape index (κ1) is 21.0. The molecule has 0 radical (unpaired) electrons. The van der Waals surface area contributed by atoms with Crippen LogP contribution in [0.2, 0.25) is 0 Å². The number of aromatic nitrogens is 1. The molecule has 2 amide bonds. The molecular weight excluding hydrogens is 412 g/mol. The number of fused-ring (bicyclic) bond motifs is 1. The monoisotopic (exact) mass is 436 g/mol. The van der Waals surface area contributed by atoms with Gasteiger partial charge in [0.05, 0.1) is 4.90 Å². The molecule has 1 aliphatic heterocycles. The van der Waals surface area contributed by atoms with Gasteiger partial charge in [-0.2, -0.15) is 4.31 Å². The molecule has 0 aliphatic carbocycles. The Morgan fingerprint density at radius 1 is 1.03 bits per heavy atom. The van der Waals surface area contributed by atoms with Crippen LogP contribution in [0.3, 0.4) is 0 Å². The van der Waals surface area contributed by atoms with E-state index in [2.05, 4.69) is 21.7 Å². The first-order valence-electron chi connectivity index (χ1n) is 10.1. The fourth-order valence-corrected chi connectivity index (χ4v) is 5.29. The van der Waals surface area contributed by atoms with E-state index in [0.717, 1.165) is 11.1 Å². The molecule has 4 rings (SSSR count). The van der Waals surface area contributed by atoms with E-state index in [0.29, 0.717) is 25.2 Å². The number of carbonyl (C=O) groups is 1. The average molecular weight is 437 g/mol. The van der Waals surface area contributed by atoms with Crippen LogP contribution < -0.4 is 10.6 Å². The van der Waals surface area contributed by atoms with E-state index >= 15 is 0 Å². The lowest BCUT2D eigenvalue weighted by molar-refractivity contribution is 0.251. The summed E-state index contributed by atoms with van der Waals surface area (Å²) < 4.78 is 28.0. The van der Waals surface area contributed by atoms with Gasteiger partial charge in [0.2, 0.25) is 10.0 Å². The summed E-state index contributed by atoms with van der Waals surface area (Å²) in [5, 5.41) is 5.47. The molecule has 0 spiro atoms. The Bertz CT molecular complexity index is 1160. The first-order chi connectivity index (χ1) is 14.9. The molecule has 2 aromatic carbocycles. The van der Waals surface area contributed by atoms with E-state index in [1.54, 1.807) is 28.8 Å². The minimum atomic E-state index is -3.65. The third kappa shape index (κ3) is 4.76. The normalized spacial score (nSPS) is 16.4. The van der Waals surface area contributed by atoms with Gasteiger partial charge in [-0.15, -0.1) is 0 Å². The van der Waals surface area contributed by atoms with Crippen molar-refractivity contribution in [3.8, 4) is 0 Å². The van der Waals surface area contributed by atoms with E-state index in [-0.39, 0.29) is 17.0 Å². The topological polar surface area (TPSA) is 91.4 Å². The van der Waals surface area contributed by atoms with Crippen LogP contribution in [0, 0.1) is 0 Å². The van der Waals surface area contributed by atoms with Crippen LogP contribution in [0.4, 0.5) is 10.5 Å². The summed E-state index contributed by atoms with van der Waals surface area (Å²) in [7, 11) is -3.65. The molecule has 1 aliphatic rings. The lowest BCUT2D eigenvalue weighted by atomic mass is 9.97. The minimum absolute atomic E-state index is 0.128. The molecular formula is C23H24N4O3S. The molecule has 2 heterocycles. The Hall–Kier alpha value is -3.23. The second kappa shape index (κ2) is 8.87. The predicted molar refractivity (Wildman–Crippen MR) is 119 cm³/mol. The molecule has 7 nitrogen and oxygen atoms in total. The van der Waals surface area contributed by atoms with Crippen LogP contribution in [0.25, 0.3) is 0 Å². The fourth-order valence-electron chi connectivity index (χ4n) is 3.68. The second-order valence-electron chi connectivity index (χ2n) is 7.56. The lowest BCUT2D eigenvalue weighted by Gasteiger charge is -2.33. The molecule has 1 aromatic heterocycles. The zero-order valence-corrected chi connectivity index (χ0v) is 18.0. The van der Waals surface area contributed by atoms with Crippen molar-refractivity contribution in [2.75, 3.05) is 5.32 Å². The fraction of sp³-hybridized carbons (Fsp3) is 0.217. The minimum Gasteiger partial charge on any atom is -0.334 e. The molecule has 1 atom stereocenters. The average Bonchev–Trinajstić information content (AvgIpc) is 2.78. The van der Waals surface area contributed by atoms with Gasteiger partial charge in [0.25, 0.3) is 0 Å². The molecule has 0 bridgehead atoms. The van der Waals surface area contributed by atoms with Gasteiger partial charge in [-0.3, -0.25) is 4.98 Å². The van der Waals surface area contributed by atoms with Crippen molar-refractivity contribution in [3.63, 3.8) is 0 Å². The molecule has 0 saturated carbocycles. The standard InChI is InChI=1S/C23H24N4O3S/c1-17-14-19-4-2-3-5-20(19)16-27(17)31(29,30)22-8-6-21(7-9-22)26-23(28)25-15-18-10-12-24-13-11-18/h2-13,17H,14-16H2,1H3,(H2,25,26,28). The van der Waals surface area contributed by atoms with E-state index in [4.69, 9.17) is 0 Å². The summed E-state index contributed by atoms with van der Waals surface area (Å²) >= 11 is 0. The number of benzene rings is 2. The number of pyridine rings is 1. The highest BCUT2D eigenvalue weighted by molar-refractivity contribution is 7.89. The van der Waals surface area contributed by atoms with Gasteiger partial charge >= 0.3 is 6.03 Å². The number of carbonyl (C=O) groups excluding carboxylic acids is 1. The largest absolute Gasteiger partial charge is 0.334 e. The van der Waals surface area contributed by atoms with E-state index < -0.39 is 10.0 Å². The Balaban J connectivity index is 1.42. The highest BCUT2D eigenvalue weighted by atomic mass is 32.2. The van der Waals surface area contributed by atoms with Crippen LogP contribution in [0.5, 0.6) is 0 Å². The van der Waals surface area contributed by atoms with Crippen molar-refractivity contribution in [2.24, 2.45) is 0 Å². The Kier molecular flexibility index (Phi) is 6.01. The highest BCUT2D eigenvalue weighted by Gasteiger charge is 2.33. The van der Waals surface area contributed by atoms with Gasteiger partial charge in [-0.05, 0) is 66.4 Å². The van der Waals surface area contributed by atoms with Crippen LogP contribution in [0.1, 0.15) is 23.6 Å². The van der Waals surface area contributed by atoms with Crippen LogP contribution >= 0.6 is 0 Å². The maximum atomic E-state index is 13.2. The van der Waals surface area contributed by atoms with Crippen molar-refractivity contribution < 1.29 is 13.2 Å². The van der Waals surface area contributed by atoms with Crippen molar-refractivity contribution in [1.29, 1.82) is 0 Å². The zero-order chi connectivity index (χ0) is 21.8. The van der Waals surface area contributed by atoms with Gasteiger partial charge in [0, 0.05) is 37.2 Å². The smallest absolute Gasteiger partial charge is 0.319 e. The third-order valence-corrected chi connectivity index (χ3v) is 7.35. The first-order valence-corrected chi connectivity index (χ1v) is 11.5. The summed E-state index contributed by atoms with van der Waals surface area (Å²) in [5.41, 5.74) is 3.68. The third-order valence-electron chi connectivity index (χ3n) is 5.37. The Labute approximate surface area is 182 Å². The SMILES string of the molecule is CC1Cc2ccccc2CN1S(=O)(=O)c1ccc(NC(=O)NCc2ccncc2)cc1. The van der Waals surface area contributed by atoms with Gasteiger partial charge in [-0.1, -0.05) is 24.3 Å². The van der Waals surface area contributed by atoms with Crippen molar-refractivity contribution >= 4 is 21.7 Å². The summed E-state index contributed by atoms with van der Waals surface area (Å²) in [4.78, 5) is 16.3. The number of amides is 2. The number of anilines is 1. The number of nitrogens with zero attached hydrogens (tertiary/aromatic N) is 2. The van der Waals surface area contributed by atoms with E-state index in [1.807, 2.05) is 37.3 Å². The van der Waals surface area contributed by atoms with Gasteiger partial charge < -0.3 is 10.6 Å². The summed E-state index contributed by atoms with van der Waals surface area (Å²) in [6, 6.07) is 17.3. The molecule has 160 valence electrons. The van der Waals surface area contributed by atoms with Crippen LogP contribution in [-0.2, 0) is 29.5 Å². The molecule has 3 aromatic rings. The maximum Gasteiger partial charge on any atom is 0.319 e. The number of rotatable bonds is 5. The van der Waals surface area contributed by atoms with Gasteiger partial charge in [0.15, 0.2) is 0 Å². The zero-order valence-electron chi connectivity index (χ0n) is 17.2. The Morgan fingerprint density at radius 2 is 1.71 bits per heavy atom. The predicted octanol–water partition coefficient (Wildman–Crippen LogP) is 3.54. The van der Waals surface area contributed by atoms with Crippen LogP contribution in [-0.4, -0.2) is 29.8 Å².